The molecule has 3 N–H and O–H groups in total. The van der Waals surface area contributed by atoms with E-state index >= 15 is 0 Å². The first-order chi connectivity index (χ1) is 13.5. The summed E-state index contributed by atoms with van der Waals surface area (Å²) in [5.41, 5.74) is 7.67. The quantitative estimate of drug-likeness (QED) is 0.523. The summed E-state index contributed by atoms with van der Waals surface area (Å²) in [5.74, 6) is 0.105. The lowest BCUT2D eigenvalue weighted by Gasteiger charge is -2.27. The second-order valence-electron chi connectivity index (χ2n) is 6.23. The Morgan fingerprint density at radius 3 is 2.82 bits per heavy atom. The van der Waals surface area contributed by atoms with Crippen molar-refractivity contribution in [3.63, 3.8) is 0 Å². The molecule has 1 aliphatic rings. The molecule has 1 aromatic carbocycles. The van der Waals surface area contributed by atoms with Crippen LogP contribution in [0.1, 0.15) is 18.5 Å². The molecule has 0 aliphatic carbocycles. The summed E-state index contributed by atoms with van der Waals surface area (Å²) in [7, 11) is 0. The number of anilines is 1. The van der Waals surface area contributed by atoms with Gasteiger partial charge in [0, 0.05) is 35.8 Å². The number of nitrogens with zero attached hydrogens (tertiary/aromatic N) is 5. The monoisotopic (exact) mass is 377 g/mol. The Labute approximate surface area is 158 Å². The summed E-state index contributed by atoms with van der Waals surface area (Å²) in [5, 5.41) is 18.6. The van der Waals surface area contributed by atoms with Crippen LogP contribution in [0.2, 0.25) is 0 Å². The normalized spacial score (nSPS) is 15.7. The number of allylic oxidation sites excluding steroid dienone is 1. The summed E-state index contributed by atoms with van der Waals surface area (Å²) < 4.78 is 1.54. The number of amides is 1. The molecule has 0 saturated carbocycles. The summed E-state index contributed by atoms with van der Waals surface area (Å²) in [6.45, 7) is 1.73. The predicted molar refractivity (Wildman–Crippen MR) is 100 cm³/mol. The van der Waals surface area contributed by atoms with Gasteiger partial charge >= 0.3 is 0 Å². The lowest BCUT2D eigenvalue weighted by Crippen LogP contribution is -2.31. The van der Waals surface area contributed by atoms with Crippen molar-refractivity contribution in [1.82, 2.24) is 19.7 Å². The molecule has 0 spiro atoms. The van der Waals surface area contributed by atoms with Gasteiger partial charge in [-0.2, -0.15) is 4.98 Å². The number of aromatic nitrogens is 4. The fraction of sp³-hybridized carbons (Fsp3) is 0.111. The van der Waals surface area contributed by atoms with E-state index in [0.717, 1.165) is 0 Å². The van der Waals surface area contributed by atoms with E-state index in [1.54, 1.807) is 37.5 Å². The van der Waals surface area contributed by atoms with Gasteiger partial charge in [-0.1, -0.05) is 18.2 Å². The van der Waals surface area contributed by atoms with Gasteiger partial charge in [-0.15, -0.1) is 5.10 Å². The third-order valence-electron chi connectivity index (χ3n) is 4.43. The van der Waals surface area contributed by atoms with Crippen LogP contribution in [0.15, 0.2) is 60.1 Å². The van der Waals surface area contributed by atoms with Crippen LogP contribution in [-0.2, 0) is 4.79 Å². The number of nitro groups is 1. The molecule has 10 heteroatoms. The molecule has 0 fully saturated rings. The highest BCUT2D eigenvalue weighted by Gasteiger charge is 2.33. The van der Waals surface area contributed by atoms with Crippen molar-refractivity contribution in [2.45, 2.75) is 13.0 Å². The summed E-state index contributed by atoms with van der Waals surface area (Å²) in [6, 6.07) is 9.01. The number of pyridine rings is 1. The molecule has 4 rings (SSSR count). The average molecular weight is 377 g/mol. The Bertz CT molecular complexity index is 1120. The Morgan fingerprint density at radius 1 is 1.32 bits per heavy atom. The maximum absolute atomic E-state index is 12.1. The highest BCUT2D eigenvalue weighted by atomic mass is 16.6. The molecule has 10 nitrogen and oxygen atoms in total. The van der Waals surface area contributed by atoms with Crippen molar-refractivity contribution in [3.05, 3.63) is 75.7 Å². The average Bonchev–Trinajstić information content (AvgIpc) is 3.11. The van der Waals surface area contributed by atoms with Crippen molar-refractivity contribution in [3.8, 4) is 11.4 Å². The van der Waals surface area contributed by atoms with Gasteiger partial charge < -0.3 is 11.1 Å². The van der Waals surface area contributed by atoms with E-state index in [0.29, 0.717) is 34.2 Å². The van der Waals surface area contributed by atoms with Crippen LogP contribution in [0.5, 0.6) is 0 Å². The molecule has 3 heterocycles. The third-order valence-corrected chi connectivity index (χ3v) is 4.43. The topological polar surface area (TPSA) is 142 Å². The van der Waals surface area contributed by atoms with Gasteiger partial charge in [0.05, 0.1) is 10.5 Å². The smallest absolute Gasteiger partial charge is 0.270 e. The molecule has 1 unspecified atom stereocenters. The number of hydrogen-bond donors (Lipinski definition) is 2. The van der Waals surface area contributed by atoms with E-state index < -0.39 is 16.9 Å². The molecular formula is C18H15N7O3. The van der Waals surface area contributed by atoms with Gasteiger partial charge in [0.2, 0.25) is 11.9 Å². The maximum atomic E-state index is 12.1. The molecule has 0 saturated heterocycles. The van der Waals surface area contributed by atoms with Gasteiger partial charge in [0.1, 0.15) is 6.04 Å². The third kappa shape index (κ3) is 2.86. The molecular weight excluding hydrogens is 362 g/mol. The minimum absolute atomic E-state index is 0.0610. The highest BCUT2D eigenvalue weighted by molar-refractivity contribution is 5.95. The number of carbonyl (C=O) groups is 1. The van der Waals surface area contributed by atoms with Gasteiger partial charge in [0.15, 0.2) is 5.82 Å². The zero-order chi connectivity index (χ0) is 19.8. The molecule has 1 aliphatic heterocycles. The number of nitrogens with two attached hydrogens (primary N) is 1. The molecule has 2 aromatic heterocycles. The Morgan fingerprint density at radius 2 is 2.14 bits per heavy atom. The van der Waals surface area contributed by atoms with Crippen LogP contribution >= 0.6 is 0 Å². The first kappa shape index (κ1) is 17.3. The van der Waals surface area contributed by atoms with Crippen molar-refractivity contribution in [2.75, 3.05) is 5.32 Å². The molecule has 0 radical (unpaired) electrons. The van der Waals surface area contributed by atoms with Gasteiger partial charge in [-0.25, -0.2) is 4.68 Å². The number of benzene rings is 1. The van der Waals surface area contributed by atoms with Crippen LogP contribution in [0.3, 0.4) is 0 Å². The van der Waals surface area contributed by atoms with Crippen LogP contribution in [0.4, 0.5) is 11.6 Å². The largest absolute Gasteiger partial charge is 0.366 e. The van der Waals surface area contributed by atoms with Crippen LogP contribution in [0.25, 0.3) is 11.4 Å². The van der Waals surface area contributed by atoms with E-state index in [-0.39, 0.29) is 5.69 Å². The highest BCUT2D eigenvalue weighted by Crippen LogP contribution is 2.35. The van der Waals surface area contributed by atoms with Crippen LogP contribution in [0, 0.1) is 10.1 Å². The second-order valence-corrected chi connectivity index (χ2v) is 6.23. The first-order valence-corrected chi connectivity index (χ1v) is 8.34. The Balaban J connectivity index is 1.86. The molecule has 0 bridgehead atoms. The summed E-state index contributed by atoms with van der Waals surface area (Å²) in [6.07, 6.45) is 3.26. The van der Waals surface area contributed by atoms with Gasteiger partial charge in [-0.3, -0.25) is 19.9 Å². The Kier molecular flexibility index (Phi) is 4.07. The van der Waals surface area contributed by atoms with Crippen LogP contribution < -0.4 is 11.1 Å². The maximum Gasteiger partial charge on any atom is 0.270 e. The van der Waals surface area contributed by atoms with E-state index in [1.807, 2.05) is 6.07 Å². The minimum atomic E-state index is -0.609. The van der Waals surface area contributed by atoms with Crippen molar-refractivity contribution in [2.24, 2.45) is 5.73 Å². The SMILES string of the molecule is CC1=C(C(N)=O)C(c2cccnc2)n2nc(-c3cccc([N+](=O)[O-])c3)nc2N1. The number of nitrogens with one attached hydrogen (secondary N) is 1. The number of nitro benzene ring substituents is 1. The zero-order valence-electron chi connectivity index (χ0n) is 14.7. The predicted octanol–water partition coefficient (Wildman–Crippen LogP) is 2.02. The number of rotatable bonds is 4. The number of fused-ring (bicyclic) bond motifs is 1. The lowest BCUT2D eigenvalue weighted by molar-refractivity contribution is -0.384. The summed E-state index contributed by atoms with van der Waals surface area (Å²) in [4.78, 5) is 31.3. The standard InChI is InChI=1S/C18H15N7O3/c1-10-14(16(19)26)15(12-5-3-7-20-9-12)24-18(21-10)22-17(23-24)11-4-2-6-13(8-11)25(27)28/h2-9,15H,1H3,(H2,19,26)(H,21,22,23). The molecule has 1 atom stereocenters. The minimum Gasteiger partial charge on any atom is -0.366 e. The lowest BCUT2D eigenvalue weighted by atomic mass is 9.97. The molecule has 1 amide bonds. The van der Waals surface area contributed by atoms with Gasteiger partial charge in [0.25, 0.3) is 5.69 Å². The van der Waals surface area contributed by atoms with Crippen molar-refractivity contribution in [1.29, 1.82) is 0 Å². The zero-order valence-corrected chi connectivity index (χ0v) is 14.7. The Hall–Kier alpha value is -4.08. The summed E-state index contributed by atoms with van der Waals surface area (Å²) >= 11 is 0. The number of non-ortho nitro benzene ring substituents is 1. The first-order valence-electron chi connectivity index (χ1n) is 8.34. The second kappa shape index (κ2) is 6.58. The van der Waals surface area contributed by atoms with E-state index in [1.165, 1.54) is 16.8 Å². The van der Waals surface area contributed by atoms with Crippen molar-refractivity contribution >= 4 is 17.5 Å². The number of primary amides is 1. The molecule has 140 valence electrons. The van der Waals surface area contributed by atoms with E-state index in [4.69, 9.17) is 5.73 Å². The van der Waals surface area contributed by atoms with E-state index in [2.05, 4.69) is 20.4 Å². The molecule has 3 aromatic rings. The van der Waals surface area contributed by atoms with Crippen LogP contribution in [-0.4, -0.2) is 30.6 Å². The number of hydrogen-bond acceptors (Lipinski definition) is 7. The molecule has 28 heavy (non-hydrogen) atoms. The number of carbonyl (C=O) groups excluding carboxylic acids is 1. The van der Waals surface area contributed by atoms with Gasteiger partial charge in [-0.05, 0) is 18.6 Å². The van der Waals surface area contributed by atoms with Crippen molar-refractivity contribution < 1.29 is 9.72 Å². The fourth-order valence-electron chi connectivity index (χ4n) is 3.20. The van der Waals surface area contributed by atoms with E-state index in [9.17, 15) is 14.9 Å². The fourth-order valence-corrected chi connectivity index (χ4v) is 3.20.